The van der Waals surface area contributed by atoms with Crippen LogP contribution in [0.2, 0.25) is 0 Å². The molecule has 0 spiro atoms. The number of carbonyl (C=O) groups excluding carboxylic acids is 1. The molecule has 1 aromatic rings. The molecule has 0 radical (unpaired) electrons. The predicted octanol–water partition coefficient (Wildman–Crippen LogP) is 2.98. The van der Waals surface area contributed by atoms with Gasteiger partial charge in [0.15, 0.2) is 0 Å². The molecular weight excluding hydrogens is 278 g/mol. The van der Waals surface area contributed by atoms with Crippen molar-refractivity contribution in [1.29, 1.82) is 0 Å². The molecule has 1 unspecified atom stereocenters. The number of carbonyl (C=O) groups is 1. The van der Waals surface area contributed by atoms with Gasteiger partial charge in [0, 0.05) is 19.7 Å². The van der Waals surface area contributed by atoms with Crippen LogP contribution in [-0.4, -0.2) is 30.2 Å². The summed E-state index contributed by atoms with van der Waals surface area (Å²) >= 11 is 0. The molecule has 0 fully saturated rings. The summed E-state index contributed by atoms with van der Waals surface area (Å²) in [6.07, 6.45) is 4.43. The van der Waals surface area contributed by atoms with Crippen LogP contribution in [0.15, 0.2) is 43.0 Å². The van der Waals surface area contributed by atoms with Gasteiger partial charge >= 0.3 is 0 Å². The van der Waals surface area contributed by atoms with Crippen LogP contribution in [0.5, 0.6) is 0 Å². The van der Waals surface area contributed by atoms with E-state index < -0.39 is 6.09 Å². The van der Waals surface area contributed by atoms with Gasteiger partial charge in [0.25, 0.3) is 0 Å². The van der Waals surface area contributed by atoms with Crippen molar-refractivity contribution in [3.8, 4) is 0 Å². The molecule has 0 N–H and O–H groups in total. The Bertz CT molecular complexity index is 433. The van der Waals surface area contributed by atoms with E-state index in [1.165, 1.54) is 4.90 Å². The summed E-state index contributed by atoms with van der Waals surface area (Å²) in [5.41, 5.74) is 0.977. The number of hydrogen-bond acceptors (Lipinski definition) is 3. The van der Waals surface area contributed by atoms with Crippen molar-refractivity contribution in [3.63, 3.8) is 0 Å². The lowest BCUT2D eigenvalue weighted by molar-refractivity contribution is -0.266. The molecule has 0 aliphatic carbocycles. The van der Waals surface area contributed by atoms with E-state index in [-0.39, 0.29) is 6.10 Å². The van der Waals surface area contributed by atoms with Crippen molar-refractivity contribution in [1.82, 2.24) is 4.90 Å². The predicted molar refractivity (Wildman–Crippen MR) is 86.3 cm³/mol. The number of hydrogen-bond donors (Lipinski definition) is 0. The van der Waals surface area contributed by atoms with Crippen molar-refractivity contribution < 1.29 is 14.6 Å². The number of amides is 1. The number of ether oxygens (including phenoxy) is 1. The molecule has 122 valence electrons. The monoisotopic (exact) mass is 304 g/mol. The molecular formula is C18H26NO3-. The highest BCUT2D eigenvalue weighted by atomic mass is 16.5. The number of benzene rings is 1. The quantitative estimate of drug-likeness (QED) is 0.466. The Morgan fingerprint density at radius 1 is 1.36 bits per heavy atom. The molecule has 1 aromatic carbocycles. The maximum absolute atomic E-state index is 11.2. The standard InChI is InChI=1S/C18H27NO3/c1-3-10-17(22-4-2)13-8-9-14-19(18(20)21)15-16-11-6-5-7-12-16/h3,5-7,11-12,17H,1,4,8-10,13-15H2,2H3,(H,20,21)/p-1. The number of unbranched alkanes of at least 4 members (excludes halogenated alkanes) is 1. The Kier molecular flexibility index (Phi) is 9.00. The van der Waals surface area contributed by atoms with Crippen LogP contribution in [-0.2, 0) is 11.3 Å². The molecule has 1 amide bonds. The van der Waals surface area contributed by atoms with Gasteiger partial charge in [-0.15, -0.1) is 6.58 Å². The first-order valence-electron chi connectivity index (χ1n) is 7.89. The third kappa shape index (κ3) is 7.27. The average molecular weight is 304 g/mol. The fraction of sp³-hybridized carbons (Fsp3) is 0.500. The molecule has 0 aliphatic heterocycles. The van der Waals surface area contributed by atoms with E-state index in [0.717, 1.165) is 31.2 Å². The van der Waals surface area contributed by atoms with Gasteiger partial charge < -0.3 is 19.5 Å². The smallest absolute Gasteiger partial charge is 0.137 e. The molecule has 0 saturated carbocycles. The van der Waals surface area contributed by atoms with E-state index in [9.17, 15) is 9.90 Å². The summed E-state index contributed by atoms with van der Waals surface area (Å²) in [6.45, 7) is 7.28. The molecule has 4 heteroatoms. The summed E-state index contributed by atoms with van der Waals surface area (Å²) in [4.78, 5) is 12.6. The average Bonchev–Trinajstić information content (AvgIpc) is 2.51. The zero-order valence-corrected chi connectivity index (χ0v) is 13.4. The lowest BCUT2D eigenvalue weighted by atomic mass is 10.1. The lowest BCUT2D eigenvalue weighted by Crippen LogP contribution is -2.41. The summed E-state index contributed by atoms with van der Waals surface area (Å²) in [5, 5.41) is 11.2. The highest BCUT2D eigenvalue weighted by Gasteiger charge is 2.08. The zero-order chi connectivity index (χ0) is 16.2. The second kappa shape index (κ2) is 10.9. The van der Waals surface area contributed by atoms with E-state index in [0.29, 0.717) is 19.7 Å². The Hall–Kier alpha value is -1.81. The minimum absolute atomic E-state index is 0.188. The van der Waals surface area contributed by atoms with Crippen LogP contribution < -0.4 is 5.11 Å². The molecule has 1 rings (SSSR count). The van der Waals surface area contributed by atoms with Gasteiger partial charge in [0.2, 0.25) is 0 Å². The Balaban J connectivity index is 2.35. The van der Waals surface area contributed by atoms with Gasteiger partial charge in [-0.25, -0.2) is 0 Å². The van der Waals surface area contributed by atoms with E-state index in [4.69, 9.17) is 4.74 Å². The molecule has 22 heavy (non-hydrogen) atoms. The first-order valence-corrected chi connectivity index (χ1v) is 7.89. The third-order valence-electron chi connectivity index (χ3n) is 3.51. The van der Waals surface area contributed by atoms with Crippen molar-refractivity contribution >= 4 is 6.09 Å². The van der Waals surface area contributed by atoms with Gasteiger partial charge in [-0.2, -0.15) is 0 Å². The largest absolute Gasteiger partial charge is 0.530 e. The maximum Gasteiger partial charge on any atom is 0.137 e. The Labute approximate surface area is 133 Å². The highest BCUT2D eigenvalue weighted by molar-refractivity contribution is 5.62. The van der Waals surface area contributed by atoms with E-state index >= 15 is 0 Å². The van der Waals surface area contributed by atoms with Crippen LogP contribution in [0, 0.1) is 0 Å². The molecule has 0 bridgehead atoms. The van der Waals surface area contributed by atoms with Crippen LogP contribution in [0.25, 0.3) is 0 Å². The number of rotatable bonds is 11. The van der Waals surface area contributed by atoms with Crippen LogP contribution in [0.4, 0.5) is 4.79 Å². The van der Waals surface area contributed by atoms with Crippen molar-refractivity contribution in [3.05, 3.63) is 48.6 Å². The summed E-state index contributed by atoms with van der Waals surface area (Å²) in [6, 6.07) is 9.58. The molecule has 0 aliphatic rings. The topological polar surface area (TPSA) is 52.6 Å². The zero-order valence-electron chi connectivity index (χ0n) is 13.4. The molecule has 4 nitrogen and oxygen atoms in total. The van der Waals surface area contributed by atoms with E-state index in [1.807, 2.05) is 43.3 Å². The van der Waals surface area contributed by atoms with Crippen molar-refractivity contribution in [2.24, 2.45) is 0 Å². The number of carboxylic acid groups (broad SMARTS) is 1. The van der Waals surface area contributed by atoms with Gasteiger partial charge in [-0.05, 0) is 38.2 Å². The normalized spacial score (nSPS) is 11.9. The molecule has 0 saturated heterocycles. The van der Waals surface area contributed by atoms with E-state index in [2.05, 4.69) is 6.58 Å². The first-order chi connectivity index (χ1) is 10.7. The van der Waals surface area contributed by atoms with Gasteiger partial charge in [0.05, 0.1) is 6.10 Å². The minimum atomic E-state index is -1.11. The lowest BCUT2D eigenvalue weighted by Gasteiger charge is -2.25. The van der Waals surface area contributed by atoms with Crippen LogP contribution in [0.3, 0.4) is 0 Å². The summed E-state index contributed by atoms with van der Waals surface area (Å²) < 4.78 is 5.62. The van der Waals surface area contributed by atoms with Gasteiger partial charge in [-0.1, -0.05) is 36.4 Å². The van der Waals surface area contributed by atoms with Gasteiger partial charge in [0.1, 0.15) is 6.09 Å². The third-order valence-corrected chi connectivity index (χ3v) is 3.51. The van der Waals surface area contributed by atoms with Gasteiger partial charge in [-0.3, -0.25) is 0 Å². The molecule has 0 aromatic heterocycles. The molecule has 0 heterocycles. The summed E-state index contributed by atoms with van der Waals surface area (Å²) in [7, 11) is 0. The van der Waals surface area contributed by atoms with Crippen molar-refractivity contribution in [2.45, 2.75) is 45.3 Å². The number of nitrogens with zero attached hydrogens (tertiary/aromatic N) is 1. The first kappa shape index (κ1) is 18.2. The van der Waals surface area contributed by atoms with Crippen LogP contribution in [0.1, 0.15) is 38.2 Å². The second-order valence-electron chi connectivity index (χ2n) is 5.27. The fourth-order valence-corrected chi connectivity index (χ4v) is 2.40. The second-order valence-corrected chi connectivity index (χ2v) is 5.27. The van der Waals surface area contributed by atoms with Crippen LogP contribution >= 0.6 is 0 Å². The Morgan fingerprint density at radius 3 is 2.68 bits per heavy atom. The maximum atomic E-state index is 11.2. The Morgan fingerprint density at radius 2 is 2.09 bits per heavy atom. The minimum Gasteiger partial charge on any atom is -0.530 e. The fourth-order valence-electron chi connectivity index (χ4n) is 2.40. The van der Waals surface area contributed by atoms with E-state index in [1.54, 1.807) is 0 Å². The molecule has 1 atom stereocenters. The summed E-state index contributed by atoms with van der Waals surface area (Å²) in [5.74, 6) is 0. The SMILES string of the molecule is C=CCC(CCCCN(Cc1ccccc1)C(=O)[O-])OCC. The highest BCUT2D eigenvalue weighted by Crippen LogP contribution is 2.11. The van der Waals surface area contributed by atoms with Crippen molar-refractivity contribution in [2.75, 3.05) is 13.2 Å².